The molecule has 1 fully saturated rings. The van der Waals surface area contributed by atoms with Gasteiger partial charge in [0.05, 0.1) is 0 Å². The summed E-state index contributed by atoms with van der Waals surface area (Å²) in [7, 11) is 0. The lowest BCUT2D eigenvalue weighted by atomic mass is 9.71. The van der Waals surface area contributed by atoms with Gasteiger partial charge in [0.25, 0.3) is 0 Å². The summed E-state index contributed by atoms with van der Waals surface area (Å²) >= 11 is 3.73. The van der Waals surface area contributed by atoms with Gasteiger partial charge in [0.1, 0.15) is 0 Å². The maximum Gasteiger partial charge on any atom is 0.0207 e. The van der Waals surface area contributed by atoms with Gasteiger partial charge in [-0.15, -0.1) is 0 Å². The lowest BCUT2D eigenvalue weighted by Crippen LogP contribution is -2.46. The molecule has 0 heterocycles. The van der Waals surface area contributed by atoms with Crippen LogP contribution in [-0.2, 0) is 6.42 Å². The predicted octanol–water partition coefficient (Wildman–Crippen LogP) is 5.58. The standard InChI is InChI=1S/C19H30BrN/c1-4-21-18(13-16-9-5-6-10-17(16)20)19(14-15(2)3)11-7-8-12-19/h5-6,9-10,15,18,21H,4,7-8,11-14H2,1-3H3. The molecule has 1 aromatic carbocycles. The molecule has 0 saturated heterocycles. The van der Waals surface area contributed by atoms with Crippen molar-refractivity contribution < 1.29 is 0 Å². The van der Waals surface area contributed by atoms with E-state index in [1.54, 1.807) is 0 Å². The van der Waals surface area contributed by atoms with Gasteiger partial charge in [0.15, 0.2) is 0 Å². The minimum Gasteiger partial charge on any atom is -0.313 e. The second-order valence-corrected chi connectivity index (χ2v) is 7.93. The highest BCUT2D eigenvalue weighted by molar-refractivity contribution is 9.10. The predicted molar refractivity (Wildman–Crippen MR) is 95.7 cm³/mol. The summed E-state index contributed by atoms with van der Waals surface area (Å²) in [4.78, 5) is 0. The van der Waals surface area contributed by atoms with Crippen LogP contribution < -0.4 is 5.32 Å². The molecular formula is C19H30BrN. The zero-order chi connectivity index (χ0) is 15.3. The normalized spacial score (nSPS) is 19.1. The van der Waals surface area contributed by atoms with Crippen LogP contribution in [-0.4, -0.2) is 12.6 Å². The number of likely N-dealkylation sites (N-methyl/N-ethyl adjacent to an activating group) is 1. The van der Waals surface area contributed by atoms with Gasteiger partial charge in [-0.2, -0.15) is 0 Å². The lowest BCUT2D eigenvalue weighted by molar-refractivity contribution is 0.155. The van der Waals surface area contributed by atoms with Gasteiger partial charge in [0, 0.05) is 10.5 Å². The van der Waals surface area contributed by atoms with Crippen LogP contribution in [0.5, 0.6) is 0 Å². The summed E-state index contributed by atoms with van der Waals surface area (Å²) in [6.45, 7) is 8.06. The number of rotatable bonds is 7. The molecule has 1 aliphatic rings. The van der Waals surface area contributed by atoms with Crippen molar-refractivity contribution >= 4 is 15.9 Å². The molecule has 0 aliphatic heterocycles. The Kier molecular flexibility index (Phi) is 6.31. The Balaban J connectivity index is 2.21. The van der Waals surface area contributed by atoms with Crippen molar-refractivity contribution in [2.45, 2.75) is 65.3 Å². The Morgan fingerprint density at radius 3 is 2.43 bits per heavy atom. The van der Waals surface area contributed by atoms with Crippen LogP contribution in [0.4, 0.5) is 0 Å². The highest BCUT2D eigenvalue weighted by Gasteiger charge is 2.41. The fourth-order valence-corrected chi connectivity index (χ4v) is 4.67. The summed E-state index contributed by atoms with van der Waals surface area (Å²) in [5.41, 5.74) is 1.94. The molecule has 1 saturated carbocycles. The van der Waals surface area contributed by atoms with E-state index < -0.39 is 0 Å². The first-order valence-electron chi connectivity index (χ1n) is 8.54. The molecule has 0 spiro atoms. The maximum atomic E-state index is 3.83. The molecule has 0 aromatic heterocycles. The minimum absolute atomic E-state index is 0.499. The van der Waals surface area contributed by atoms with Gasteiger partial charge in [-0.3, -0.25) is 0 Å². The van der Waals surface area contributed by atoms with E-state index in [1.165, 1.54) is 42.1 Å². The van der Waals surface area contributed by atoms with E-state index in [1.807, 2.05) is 0 Å². The molecule has 2 heteroatoms. The number of nitrogens with one attached hydrogen (secondary N) is 1. The number of benzene rings is 1. The first-order chi connectivity index (χ1) is 10.1. The van der Waals surface area contributed by atoms with Crippen molar-refractivity contribution in [3.63, 3.8) is 0 Å². The summed E-state index contributed by atoms with van der Waals surface area (Å²) in [5, 5.41) is 3.83. The van der Waals surface area contributed by atoms with E-state index >= 15 is 0 Å². The molecule has 1 N–H and O–H groups in total. The smallest absolute Gasteiger partial charge is 0.0207 e. The van der Waals surface area contributed by atoms with Crippen molar-refractivity contribution in [2.24, 2.45) is 11.3 Å². The SMILES string of the molecule is CCNC(Cc1ccccc1Br)C1(CC(C)C)CCCC1. The van der Waals surface area contributed by atoms with Gasteiger partial charge in [-0.05, 0) is 55.2 Å². The lowest BCUT2D eigenvalue weighted by Gasteiger charge is -2.40. The average Bonchev–Trinajstić information content (AvgIpc) is 2.89. The fourth-order valence-electron chi connectivity index (χ4n) is 4.22. The summed E-state index contributed by atoms with van der Waals surface area (Å²) in [6.07, 6.45) is 8.10. The highest BCUT2D eigenvalue weighted by Crippen LogP contribution is 2.47. The Bertz CT molecular complexity index is 435. The summed E-state index contributed by atoms with van der Waals surface area (Å²) < 4.78 is 1.26. The molecule has 0 amide bonds. The third kappa shape index (κ3) is 4.32. The van der Waals surface area contributed by atoms with Crippen LogP contribution in [0.25, 0.3) is 0 Å². The van der Waals surface area contributed by atoms with E-state index in [-0.39, 0.29) is 0 Å². The van der Waals surface area contributed by atoms with E-state index in [0.717, 1.165) is 18.9 Å². The Hall–Kier alpha value is -0.340. The largest absolute Gasteiger partial charge is 0.313 e. The Morgan fingerprint density at radius 2 is 1.86 bits per heavy atom. The summed E-state index contributed by atoms with van der Waals surface area (Å²) in [5.74, 6) is 0.781. The Labute approximate surface area is 139 Å². The van der Waals surface area contributed by atoms with Crippen LogP contribution in [0.3, 0.4) is 0 Å². The van der Waals surface area contributed by atoms with Crippen molar-refractivity contribution in [1.29, 1.82) is 0 Å². The molecule has 0 bridgehead atoms. The zero-order valence-electron chi connectivity index (χ0n) is 13.8. The molecule has 1 aromatic rings. The van der Waals surface area contributed by atoms with Crippen LogP contribution in [0.2, 0.25) is 0 Å². The molecular weight excluding hydrogens is 322 g/mol. The van der Waals surface area contributed by atoms with Gasteiger partial charge < -0.3 is 5.32 Å². The van der Waals surface area contributed by atoms with Gasteiger partial charge in [0.2, 0.25) is 0 Å². The maximum absolute atomic E-state index is 3.83. The van der Waals surface area contributed by atoms with Crippen LogP contribution >= 0.6 is 15.9 Å². The molecule has 1 unspecified atom stereocenters. The number of hydrogen-bond acceptors (Lipinski definition) is 1. The monoisotopic (exact) mass is 351 g/mol. The third-order valence-electron chi connectivity index (χ3n) is 4.99. The fraction of sp³-hybridized carbons (Fsp3) is 0.684. The first-order valence-corrected chi connectivity index (χ1v) is 9.33. The van der Waals surface area contributed by atoms with Crippen molar-refractivity contribution in [3.8, 4) is 0 Å². The van der Waals surface area contributed by atoms with Crippen LogP contribution in [0, 0.1) is 11.3 Å². The average molecular weight is 352 g/mol. The summed E-state index contributed by atoms with van der Waals surface area (Å²) in [6, 6.07) is 9.31. The van der Waals surface area contributed by atoms with E-state index in [9.17, 15) is 0 Å². The van der Waals surface area contributed by atoms with E-state index in [4.69, 9.17) is 0 Å². The third-order valence-corrected chi connectivity index (χ3v) is 5.76. The van der Waals surface area contributed by atoms with Gasteiger partial charge >= 0.3 is 0 Å². The molecule has 1 nitrogen and oxygen atoms in total. The number of halogens is 1. The van der Waals surface area contributed by atoms with Crippen molar-refractivity contribution in [3.05, 3.63) is 34.3 Å². The van der Waals surface area contributed by atoms with E-state index in [0.29, 0.717) is 11.5 Å². The molecule has 21 heavy (non-hydrogen) atoms. The van der Waals surface area contributed by atoms with Gasteiger partial charge in [-0.1, -0.05) is 67.7 Å². The van der Waals surface area contributed by atoms with E-state index in [2.05, 4.69) is 66.3 Å². The molecule has 2 rings (SSSR count). The second-order valence-electron chi connectivity index (χ2n) is 7.07. The van der Waals surface area contributed by atoms with Crippen LogP contribution in [0.15, 0.2) is 28.7 Å². The minimum atomic E-state index is 0.499. The zero-order valence-corrected chi connectivity index (χ0v) is 15.4. The van der Waals surface area contributed by atoms with Crippen LogP contribution in [0.1, 0.15) is 58.4 Å². The molecule has 0 radical (unpaired) electrons. The van der Waals surface area contributed by atoms with Crippen molar-refractivity contribution in [2.75, 3.05) is 6.54 Å². The van der Waals surface area contributed by atoms with Gasteiger partial charge in [-0.25, -0.2) is 0 Å². The van der Waals surface area contributed by atoms with Crippen molar-refractivity contribution in [1.82, 2.24) is 5.32 Å². The molecule has 118 valence electrons. The first kappa shape index (κ1) is 17.0. The molecule has 1 aliphatic carbocycles. The topological polar surface area (TPSA) is 12.0 Å². The highest BCUT2D eigenvalue weighted by atomic mass is 79.9. The molecule has 1 atom stereocenters. The number of hydrogen-bond donors (Lipinski definition) is 1. The Morgan fingerprint density at radius 1 is 1.19 bits per heavy atom. The quantitative estimate of drug-likeness (QED) is 0.676. The second kappa shape index (κ2) is 7.78.